The van der Waals surface area contributed by atoms with Gasteiger partial charge < -0.3 is 10.0 Å². The van der Waals surface area contributed by atoms with E-state index in [0.717, 1.165) is 38.6 Å². The van der Waals surface area contributed by atoms with Crippen molar-refractivity contribution in [1.29, 1.82) is 0 Å². The lowest BCUT2D eigenvalue weighted by Gasteiger charge is -2.47. The zero-order chi connectivity index (χ0) is 14.7. The lowest BCUT2D eigenvalue weighted by molar-refractivity contribution is -0.143. The first kappa shape index (κ1) is 14.4. The van der Waals surface area contributed by atoms with Crippen LogP contribution in [0, 0.1) is 5.92 Å². The van der Waals surface area contributed by atoms with Crippen molar-refractivity contribution in [2.45, 2.75) is 57.1 Å². The molecule has 2 aliphatic rings. The first-order valence-corrected chi connectivity index (χ1v) is 7.88. The molecular formula is C14H23N5O2. The van der Waals surface area contributed by atoms with E-state index in [2.05, 4.69) is 15.5 Å². The molecule has 0 bridgehead atoms. The third-order valence-electron chi connectivity index (χ3n) is 4.95. The number of piperidine rings is 1. The van der Waals surface area contributed by atoms with Crippen molar-refractivity contribution >= 4 is 5.91 Å². The highest BCUT2D eigenvalue weighted by Crippen LogP contribution is 2.39. The van der Waals surface area contributed by atoms with Gasteiger partial charge in [-0.25, -0.2) is 4.68 Å². The SMILES string of the molecule is O=C(CCCn1cnnn1)N1CCC2(O)CCCCC2C1. The number of aromatic nitrogens is 4. The molecular weight excluding hydrogens is 270 g/mol. The molecule has 0 aromatic carbocycles. The summed E-state index contributed by atoms with van der Waals surface area (Å²) in [5.74, 6) is 0.458. The molecule has 2 unspecified atom stereocenters. The van der Waals surface area contributed by atoms with E-state index < -0.39 is 5.60 Å². The van der Waals surface area contributed by atoms with Crippen molar-refractivity contribution in [3.8, 4) is 0 Å². The van der Waals surface area contributed by atoms with Crippen molar-refractivity contribution in [3.63, 3.8) is 0 Å². The zero-order valence-corrected chi connectivity index (χ0v) is 12.3. The smallest absolute Gasteiger partial charge is 0.222 e. The monoisotopic (exact) mass is 293 g/mol. The van der Waals surface area contributed by atoms with Crippen molar-refractivity contribution < 1.29 is 9.90 Å². The van der Waals surface area contributed by atoms with Gasteiger partial charge >= 0.3 is 0 Å². The van der Waals surface area contributed by atoms with Crippen LogP contribution in [0.4, 0.5) is 0 Å². The lowest BCUT2D eigenvalue weighted by atomic mass is 9.71. The number of aryl methyl sites for hydroxylation is 1. The van der Waals surface area contributed by atoms with Gasteiger partial charge in [-0.3, -0.25) is 4.79 Å². The third-order valence-corrected chi connectivity index (χ3v) is 4.95. The predicted octanol–water partition coefficient (Wildman–Crippen LogP) is 0.607. The molecule has 116 valence electrons. The number of carbonyl (C=O) groups is 1. The van der Waals surface area contributed by atoms with E-state index in [0.29, 0.717) is 19.5 Å². The Bertz CT molecular complexity index is 478. The van der Waals surface area contributed by atoms with Gasteiger partial charge in [0.2, 0.25) is 5.91 Å². The second-order valence-corrected chi connectivity index (χ2v) is 6.31. The fraction of sp³-hybridized carbons (Fsp3) is 0.857. The Kier molecular flexibility index (Phi) is 4.19. The van der Waals surface area contributed by atoms with Crippen LogP contribution in [0.2, 0.25) is 0 Å². The second kappa shape index (κ2) is 6.09. The summed E-state index contributed by atoms with van der Waals surface area (Å²) in [6.45, 7) is 2.08. The molecule has 1 aliphatic carbocycles. The number of amides is 1. The molecule has 2 atom stereocenters. The number of carbonyl (C=O) groups excluding carboxylic acids is 1. The quantitative estimate of drug-likeness (QED) is 0.879. The Morgan fingerprint density at radius 1 is 1.38 bits per heavy atom. The highest BCUT2D eigenvalue weighted by atomic mass is 16.3. The first-order chi connectivity index (χ1) is 10.2. The van der Waals surface area contributed by atoms with Gasteiger partial charge in [0.1, 0.15) is 6.33 Å². The Morgan fingerprint density at radius 2 is 2.29 bits per heavy atom. The topological polar surface area (TPSA) is 84.1 Å². The minimum absolute atomic E-state index is 0.190. The summed E-state index contributed by atoms with van der Waals surface area (Å²) in [5, 5.41) is 21.6. The average Bonchev–Trinajstić information content (AvgIpc) is 2.99. The summed E-state index contributed by atoms with van der Waals surface area (Å²) in [7, 11) is 0. The van der Waals surface area contributed by atoms with Gasteiger partial charge in [0, 0.05) is 32.0 Å². The predicted molar refractivity (Wildman–Crippen MR) is 75.2 cm³/mol. The fourth-order valence-electron chi connectivity index (χ4n) is 3.63. The maximum atomic E-state index is 12.3. The summed E-state index contributed by atoms with van der Waals surface area (Å²) in [6, 6.07) is 0. The third kappa shape index (κ3) is 3.23. The van der Waals surface area contributed by atoms with Crippen LogP contribution in [-0.4, -0.2) is 54.8 Å². The van der Waals surface area contributed by atoms with E-state index in [1.54, 1.807) is 11.0 Å². The molecule has 1 aromatic heterocycles. The summed E-state index contributed by atoms with van der Waals surface area (Å²) in [4.78, 5) is 14.2. The Balaban J connectivity index is 1.47. The summed E-state index contributed by atoms with van der Waals surface area (Å²) < 4.78 is 1.64. The van der Waals surface area contributed by atoms with Crippen molar-refractivity contribution in [1.82, 2.24) is 25.1 Å². The Labute approximate surface area is 124 Å². The van der Waals surface area contributed by atoms with Crippen molar-refractivity contribution in [2.24, 2.45) is 5.92 Å². The van der Waals surface area contributed by atoms with Crippen LogP contribution in [0.1, 0.15) is 44.9 Å². The molecule has 1 N–H and O–H groups in total. The second-order valence-electron chi connectivity index (χ2n) is 6.31. The maximum absolute atomic E-state index is 12.3. The summed E-state index contributed by atoms with van der Waals surface area (Å²) in [6.07, 6.45) is 7.80. The summed E-state index contributed by atoms with van der Waals surface area (Å²) >= 11 is 0. The zero-order valence-electron chi connectivity index (χ0n) is 12.3. The van der Waals surface area contributed by atoms with E-state index in [1.807, 2.05) is 4.90 Å². The number of hydrogen-bond acceptors (Lipinski definition) is 5. The number of fused-ring (bicyclic) bond motifs is 1. The molecule has 2 heterocycles. The van der Waals surface area contributed by atoms with E-state index >= 15 is 0 Å². The number of tetrazole rings is 1. The fourth-order valence-corrected chi connectivity index (χ4v) is 3.63. The van der Waals surface area contributed by atoms with Crippen LogP contribution in [-0.2, 0) is 11.3 Å². The van der Waals surface area contributed by atoms with Crippen LogP contribution >= 0.6 is 0 Å². The van der Waals surface area contributed by atoms with Gasteiger partial charge in [-0.2, -0.15) is 0 Å². The van der Waals surface area contributed by atoms with Crippen LogP contribution in [0.25, 0.3) is 0 Å². The first-order valence-electron chi connectivity index (χ1n) is 7.88. The number of nitrogens with zero attached hydrogens (tertiary/aromatic N) is 5. The highest BCUT2D eigenvalue weighted by Gasteiger charge is 2.43. The lowest BCUT2D eigenvalue weighted by Crippen LogP contribution is -2.54. The molecule has 1 aliphatic heterocycles. The van der Waals surface area contributed by atoms with E-state index in [1.165, 1.54) is 6.42 Å². The van der Waals surface area contributed by atoms with Gasteiger partial charge in [-0.15, -0.1) is 5.10 Å². The van der Waals surface area contributed by atoms with E-state index in [9.17, 15) is 9.90 Å². The minimum atomic E-state index is -0.512. The molecule has 0 radical (unpaired) electrons. The van der Waals surface area contributed by atoms with E-state index in [4.69, 9.17) is 0 Å². The summed E-state index contributed by atoms with van der Waals surface area (Å²) in [5.41, 5.74) is -0.512. The van der Waals surface area contributed by atoms with E-state index in [-0.39, 0.29) is 11.8 Å². The standard InChI is InChI=1S/C14H23N5O2/c20-13(5-3-8-19-11-15-16-17-19)18-9-7-14(21)6-2-1-4-12(14)10-18/h11-12,21H,1-10H2. The molecule has 7 nitrogen and oxygen atoms in total. The largest absolute Gasteiger partial charge is 0.389 e. The van der Waals surface area contributed by atoms with Gasteiger partial charge in [0.25, 0.3) is 0 Å². The normalized spacial score (nSPS) is 29.2. The molecule has 0 spiro atoms. The molecule has 7 heteroatoms. The van der Waals surface area contributed by atoms with Gasteiger partial charge in [-0.05, 0) is 36.1 Å². The molecule has 2 fully saturated rings. The van der Waals surface area contributed by atoms with Crippen molar-refractivity contribution in [3.05, 3.63) is 6.33 Å². The number of rotatable bonds is 4. The number of aliphatic hydroxyl groups is 1. The van der Waals surface area contributed by atoms with Crippen LogP contribution < -0.4 is 0 Å². The van der Waals surface area contributed by atoms with Crippen LogP contribution in [0.3, 0.4) is 0 Å². The molecule has 1 aromatic rings. The highest BCUT2D eigenvalue weighted by molar-refractivity contribution is 5.76. The number of hydrogen-bond donors (Lipinski definition) is 1. The van der Waals surface area contributed by atoms with Crippen LogP contribution in [0.5, 0.6) is 0 Å². The average molecular weight is 293 g/mol. The number of likely N-dealkylation sites (tertiary alicyclic amines) is 1. The van der Waals surface area contributed by atoms with Gasteiger partial charge in [0.15, 0.2) is 0 Å². The molecule has 1 saturated carbocycles. The van der Waals surface area contributed by atoms with Crippen molar-refractivity contribution in [2.75, 3.05) is 13.1 Å². The molecule has 21 heavy (non-hydrogen) atoms. The Hall–Kier alpha value is -1.50. The maximum Gasteiger partial charge on any atom is 0.222 e. The Morgan fingerprint density at radius 3 is 3.10 bits per heavy atom. The molecule has 1 saturated heterocycles. The van der Waals surface area contributed by atoms with Crippen LogP contribution in [0.15, 0.2) is 6.33 Å². The minimum Gasteiger partial charge on any atom is -0.389 e. The molecule has 1 amide bonds. The van der Waals surface area contributed by atoms with Gasteiger partial charge in [-0.1, -0.05) is 12.8 Å². The molecule has 3 rings (SSSR count). The van der Waals surface area contributed by atoms with Gasteiger partial charge in [0.05, 0.1) is 5.60 Å².